The number of para-hydroxylation sites is 2. The van der Waals surface area contributed by atoms with Crippen LogP contribution in [-0.4, -0.2) is 45.4 Å². The number of hydrogen-bond donors (Lipinski definition) is 1. The van der Waals surface area contributed by atoms with E-state index in [9.17, 15) is 9.59 Å². The molecule has 0 fully saturated rings. The monoisotopic (exact) mass is 460 g/mol. The Morgan fingerprint density at radius 3 is 2.69 bits per heavy atom. The van der Waals surface area contributed by atoms with Crippen LogP contribution in [0.3, 0.4) is 0 Å². The fourth-order valence-corrected chi connectivity index (χ4v) is 3.24. The van der Waals surface area contributed by atoms with E-state index in [-0.39, 0.29) is 24.8 Å². The largest absolute Gasteiger partial charge is 0.449 e. The number of halogens is 1. The van der Waals surface area contributed by atoms with E-state index in [0.717, 1.165) is 10.0 Å². The summed E-state index contributed by atoms with van der Waals surface area (Å²) >= 11 is 3.41. The summed E-state index contributed by atoms with van der Waals surface area (Å²) < 4.78 is 16.8. The van der Waals surface area contributed by atoms with E-state index in [1.807, 2.05) is 30.3 Å². The number of nitrogens with zero attached hydrogens (tertiary/aromatic N) is 1. The normalized spacial score (nSPS) is 14.7. The van der Waals surface area contributed by atoms with Crippen molar-refractivity contribution in [3.8, 4) is 5.75 Å². The third-order valence-electron chi connectivity index (χ3n) is 4.27. The van der Waals surface area contributed by atoms with Crippen molar-refractivity contribution in [2.75, 3.05) is 32.2 Å². The predicted molar refractivity (Wildman–Crippen MR) is 112 cm³/mol. The summed E-state index contributed by atoms with van der Waals surface area (Å²) in [7, 11) is 2.97. The molecule has 3 rings (SSSR count). The number of hydrogen-bond acceptors (Lipinski definition) is 5. The van der Waals surface area contributed by atoms with E-state index in [1.165, 1.54) is 19.1 Å². The van der Waals surface area contributed by atoms with Crippen LogP contribution in [-0.2, 0) is 19.1 Å². The molecule has 0 spiro atoms. The van der Waals surface area contributed by atoms with Crippen LogP contribution in [0.5, 0.6) is 5.75 Å². The molecule has 2 aromatic carbocycles. The van der Waals surface area contributed by atoms with Gasteiger partial charge in [-0.2, -0.15) is 0 Å². The fraction of sp³-hybridized carbons (Fsp3) is 0.238. The molecular formula is C21H21BrN2O5. The molecule has 29 heavy (non-hydrogen) atoms. The molecule has 0 bridgehead atoms. The lowest BCUT2D eigenvalue weighted by molar-refractivity contribution is -0.127. The number of carbonyl (C=O) groups excluding carboxylic acids is 2. The highest BCUT2D eigenvalue weighted by atomic mass is 79.9. The summed E-state index contributed by atoms with van der Waals surface area (Å²) in [5.41, 5.74) is 1.34. The molecule has 1 N–H and O–H groups in total. The molecule has 0 saturated carbocycles. The third-order valence-corrected chi connectivity index (χ3v) is 4.76. The average Bonchev–Trinajstić information content (AvgIpc) is 2.72. The average molecular weight is 461 g/mol. The number of carbonyl (C=O) groups is 2. The van der Waals surface area contributed by atoms with Gasteiger partial charge in [0, 0.05) is 18.7 Å². The van der Waals surface area contributed by atoms with Gasteiger partial charge in [0.25, 0.3) is 5.91 Å². The van der Waals surface area contributed by atoms with Crippen LogP contribution >= 0.6 is 15.9 Å². The standard InChI is InChI=1S/C21H21BrN2O5/c1-27-20(28-2)12-23-19(25)13-24-16-8-3-4-9-17(16)29-18(21(24)26)11-14-6-5-7-15(22)10-14/h3-11,20H,12-13H2,1-2H3,(H,23,25). The molecule has 7 nitrogen and oxygen atoms in total. The van der Waals surface area contributed by atoms with Gasteiger partial charge in [0.1, 0.15) is 6.54 Å². The summed E-state index contributed by atoms with van der Waals surface area (Å²) in [6.45, 7) is 0.0158. The van der Waals surface area contributed by atoms with Crippen molar-refractivity contribution in [2.45, 2.75) is 6.29 Å². The minimum Gasteiger partial charge on any atom is -0.449 e. The van der Waals surface area contributed by atoms with E-state index >= 15 is 0 Å². The number of ether oxygens (including phenoxy) is 3. The molecule has 8 heteroatoms. The predicted octanol–water partition coefficient (Wildman–Crippen LogP) is 2.95. The number of rotatable bonds is 7. The summed E-state index contributed by atoms with van der Waals surface area (Å²) in [6, 6.07) is 14.6. The number of nitrogens with one attached hydrogen (secondary N) is 1. The smallest absolute Gasteiger partial charge is 0.294 e. The zero-order chi connectivity index (χ0) is 20.8. The quantitative estimate of drug-likeness (QED) is 0.507. The van der Waals surface area contributed by atoms with Gasteiger partial charge in [-0.05, 0) is 35.9 Å². The molecule has 0 aromatic heterocycles. The van der Waals surface area contributed by atoms with Crippen molar-refractivity contribution < 1.29 is 23.8 Å². The van der Waals surface area contributed by atoms with Gasteiger partial charge in [0.05, 0.1) is 12.2 Å². The summed E-state index contributed by atoms with van der Waals surface area (Å²) in [6.07, 6.45) is 1.10. The minimum atomic E-state index is -0.557. The number of benzene rings is 2. The van der Waals surface area contributed by atoms with E-state index in [1.54, 1.807) is 24.3 Å². The van der Waals surface area contributed by atoms with Crippen LogP contribution in [0, 0.1) is 0 Å². The zero-order valence-corrected chi connectivity index (χ0v) is 17.6. The Hall–Kier alpha value is -2.68. The maximum Gasteiger partial charge on any atom is 0.294 e. The van der Waals surface area contributed by atoms with Gasteiger partial charge in [0.15, 0.2) is 17.8 Å². The van der Waals surface area contributed by atoms with E-state index < -0.39 is 12.2 Å². The molecule has 2 amide bonds. The molecule has 152 valence electrons. The van der Waals surface area contributed by atoms with E-state index in [4.69, 9.17) is 14.2 Å². The molecule has 0 radical (unpaired) electrons. The first kappa shape index (κ1) is 21.0. The van der Waals surface area contributed by atoms with E-state index in [2.05, 4.69) is 21.2 Å². The van der Waals surface area contributed by atoms with Gasteiger partial charge in [0.2, 0.25) is 5.91 Å². The molecule has 0 saturated heterocycles. The lowest BCUT2D eigenvalue weighted by Gasteiger charge is -2.30. The van der Waals surface area contributed by atoms with E-state index in [0.29, 0.717) is 11.4 Å². The SMILES string of the molecule is COC(CNC(=O)CN1C(=O)C(=Cc2cccc(Br)c2)Oc2ccccc21)OC. The van der Waals surface area contributed by atoms with Crippen LogP contribution in [0.4, 0.5) is 5.69 Å². The molecule has 1 heterocycles. The van der Waals surface area contributed by atoms with Crippen LogP contribution in [0.1, 0.15) is 5.56 Å². The highest BCUT2D eigenvalue weighted by molar-refractivity contribution is 9.10. The van der Waals surface area contributed by atoms with Crippen LogP contribution in [0.15, 0.2) is 58.8 Å². The topological polar surface area (TPSA) is 77.1 Å². The number of anilines is 1. The number of methoxy groups -OCH3 is 2. The maximum atomic E-state index is 13.1. The number of fused-ring (bicyclic) bond motifs is 1. The number of amides is 2. The van der Waals surface area contributed by atoms with Crippen molar-refractivity contribution in [1.82, 2.24) is 5.32 Å². The Morgan fingerprint density at radius 2 is 1.97 bits per heavy atom. The van der Waals surface area contributed by atoms with Gasteiger partial charge in [-0.1, -0.05) is 40.2 Å². The first-order valence-corrected chi connectivity index (χ1v) is 9.69. The Labute approximate surface area is 177 Å². The second-order valence-corrected chi connectivity index (χ2v) is 7.15. The second-order valence-electron chi connectivity index (χ2n) is 6.23. The van der Waals surface area contributed by atoms with Crippen molar-refractivity contribution >= 4 is 39.5 Å². The lowest BCUT2D eigenvalue weighted by atomic mass is 10.1. The van der Waals surface area contributed by atoms with Crippen molar-refractivity contribution in [3.63, 3.8) is 0 Å². The van der Waals surface area contributed by atoms with Crippen molar-refractivity contribution in [3.05, 3.63) is 64.3 Å². The molecule has 0 aliphatic carbocycles. The Balaban J connectivity index is 1.83. The molecule has 1 aliphatic heterocycles. The Bertz CT molecular complexity index is 927. The third kappa shape index (κ3) is 5.23. The van der Waals surface area contributed by atoms with Crippen LogP contribution in [0.25, 0.3) is 6.08 Å². The molecule has 0 atom stereocenters. The van der Waals surface area contributed by atoms with Crippen molar-refractivity contribution in [2.24, 2.45) is 0 Å². The fourth-order valence-electron chi connectivity index (χ4n) is 2.83. The Morgan fingerprint density at radius 1 is 1.21 bits per heavy atom. The van der Waals surface area contributed by atoms with Gasteiger partial charge in [-0.3, -0.25) is 14.5 Å². The van der Waals surface area contributed by atoms with Crippen molar-refractivity contribution in [1.29, 1.82) is 0 Å². The second kappa shape index (κ2) is 9.69. The minimum absolute atomic E-state index is 0.140. The molecular weight excluding hydrogens is 440 g/mol. The first-order valence-electron chi connectivity index (χ1n) is 8.90. The van der Waals surface area contributed by atoms with Crippen LogP contribution < -0.4 is 15.0 Å². The van der Waals surface area contributed by atoms with Gasteiger partial charge >= 0.3 is 0 Å². The zero-order valence-electron chi connectivity index (χ0n) is 16.1. The van der Waals surface area contributed by atoms with Gasteiger partial charge < -0.3 is 19.5 Å². The first-order chi connectivity index (χ1) is 14.0. The Kier molecular flexibility index (Phi) is 7.03. The highest BCUT2D eigenvalue weighted by Gasteiger charge is 2.31. The lowest BCUT2D eigenvalue weighted by Crippen LogP contribution is -2.45. The molecule has 0 unspecified atom stereocenters. The summed E-state index contributed by atoms with van der Waals surface area (Å²) in [5, 5.41) is 2.71. The molecule has 1 aliphatic rings. The highest BCUT2D eigenvalue weighted by Crippen LogP contribution is 2.35. The molecule has 2 aromatic rings. The van der Waals surface area contributed by atoms with Crippen LogP contribution in [0.2, 0.25) is 0 Å². The summed E-state index contributed by atoms with van der Waals surface area (Å²) in [4.78, 5) is 26.9. The summed E-state index contributed by atoms with van der Waals surface area (Å²) in [5.74, 6) is -0.0844. The van der Waals surface area contributed by atoms with Gasteiger partial charge in [-0.25, -0.2) is 0 Å². The van der Waals surface area contributed by atoms with Gasteiger partial charge in [-0.15, -0.1) is 0 Å². The maximum absolute atomic E-state index is 13.1.